The Bertz CT molecular complexity index is 795. The summed E-state index contributed by atoms with van der Waals surface area (Å²) in [4.78, 5) is 6.87. The highest BCUT2D eigenvalue weighted by atomic mass is 127. The first kappa shape index (κ1) is 23.3. The van der Waals surface area contributed by atoms with E-state index in [9.17, 15) is 0 Å². The molecule has 0 radical (unpaired) electrons. The average molecular weight is 509 g/mol. The standard InChI is InChI=1S/C23H31N3O2.HI/c1-17(21-7-5-6-8-22(21)28-4)15-25-23(24-2)26-14-13-19(16-26)18-9-11-20(27-3)12-10-18;/h5-12,17,19H,13-16H2,1-4H3,(H,24,25);1H. The molecule has 2 atom stereocenters. The number of para-hydroxylation sites is 1. The Hall–Kier alpha value is -1.96. The molecule has 0 amide bonds. The third-order valence-corrected chi connectivity index (χ3v) is 5.52. The topological polar surface area (TPSA) is 46.1 Å². The van der Waals surface area contributed by atoms with E-state index in [1.54, 1.807) is 14.2 Å². The smallest absolute Gasteiger partial charge is 0.193 e. The molecule has 3 rings (SSSR count). The molecule has 2 unspecified atom stereocenters. The first-order valence-corrected chi connectivity index (χ1v) is 9.88. The summed E-state index contributed by atoms with van der Waals surface area (Å²) < 4.78 is 10.8. The molecule has 1 heterocycles. The van der Waals surface area contributed by atoms with Crippen molar-refractivity contribution in [2.45, 2.75) is 25.2 Å². The molecule has 6 heteroatoms. The van der Waals surface area contributed by atoms with Crippen LogP contribution in [-0.2, 0) is 0 Å². The predicted octanol–water partition coefficient (Wildman–Crippen LogP) is 4.49. The molecule has 2 aromatic carbocycles. The van der Waals surface area contributed by atoms with Gasteiger partial charge in [-0.05, 0) is 35.7 Å². The van der Waals surface area contributed by atoms with E-state index < -0.39 is 0 Å². The molecule has 1 aliphatic heterocycles. The first-order chi connectivity index (χ1) is 13.7. The Labute approximate surface area is 191 Å². The van der Waals surface area contributed by atoms with Gasteiger partial charge in [0.15, 0.2) is 5.96 Å². The van der Waals surface area contributed by atoms with Gasteiger partial charge >= 0.3 is 0 Å². The van der Waals surface area contributed by atoms with Crippen LogP contribution in [0.25, 0.3) is 0 Å². The number of nitrogens with one attached hydrogen (secondary N) is 1. The van der Waals surface area contributed by atoms with Crippen LogP contribution in [0.4, 0.5) is 0 Å². The Morgan fingerprint density at radius 2 is 1.86 bits per heavy atom. The molecule has 0 bridgehead atoms. The number of rotatable bonds is 6. The zero-order valence-electron chi connectivity index (χ0n) is 17.7. The van der Waals surface area contributed by atoms with Crippen LogP contribution in [0, 0.1) is 0 Å². The molecule has 0 aromatic heterocycles. The second-order valence-corrected chi connectivity index (χ2v) is 7.28. The van der Waals surface area contributed by atoms with Gasteiger partial charge in [0, 0.05) is 38.5 Å². The van der Waals surface area contributed by atoms with Gasteiger partial charge in [-0.25, -0.2) is 0 Å². The molecule has 5 nitrogen and oxygen atoms in total. The first-order valence-electron chi connectivity index (χ1n) is 9.88. The summed E-state index contributed by atoms with van der Waals surface area (Å²) in [7, 11) is 5.28. The van der Waals surface area contributed by atoms with Crippen LogP contribution in [0.5, 0.6) is 11.5 Å². The maximum absolute atomic E-state index is 5.50. The van der Waals surface area contributed by atoms with Crippen LogP contribution < -0.4 is 14.8 Å². The van der Waals surface area contributed by atoms with Gasteiger partial charge in [0.05, 0.1) is 14.2 Å². The monoisotopic (exact) mass is 509 g/mol. The fourth-order valence-corrected chi connectivity index (χ4v) is 3.86. The highest BCUT2D eigenvalue weighted by molar-refractivity contribution is 14.0. The van der Waals surface area contributed by atoms with Crippen LogP contribution in [0.3, 0.4) is 0 Å². The molecule has 1 aliphatic rings. The molecule has 158 valence electrons. The van der Waals surface area contributed by atoms with Crippen molar-refractivity contribution in [3.63, 3.8) is 0 Å². The minimum Gasteiger partial charge on any atom is -0.497 e. The van der Waals surface area contributed by atoms with Gasteiger partial charge in [0.2, 0.25) is 0 Å². The number of hydrogen-bond acceptors (Lipinski definition) is 3. The number of benzene rings is 2. The van der Waals surface area contributed by atoms with Crippen molar-refractivity contribution < 1.29 is 9.47 Å². The number of methoxy groups -OCH3 is 2. The lowest BCUT2D eigenvalue weighted by Gasteiger charge is -2.24. The Morgan fingerprint density at radius 1 is 1.14 bits per heavy atom. The number of hydrogen-bond donors (Lipinski definition) is 1. The average Bonchev–Trinajstić information content (AvgIpc) is 3.24. The van der Waals surface area contributed by atoms with E-state index in [0.29, 0.717) is 11.8 Å². The van der Waals surface area contributed by atoms with E-state index in [4.69, 9.17) is 9.47 Å². The van der Waals surface area contributed by atoms with Gasteiger partial charge in [0.1, 0.15) is 11.5 Å². The van der Waals surface area contributed by atoms with Crippen LogP contribution in [0.15, 0.2) is 53.5 Å². The molecule has 0 saturated carbocycles. The summed E-state index contributed by atoms with van der Waals surface area (Å²) in [6.07, 6.45) is 1.13. The molecule has 1 N–H and O–H groups in total. The normalized spacial score (nSPS) is 17.4. The van der Waals surface area contributed by atoms with Gasteiger partial charge < -0.3 is 19.7 Å². The summed E-state index contributed by atoms with van der Waals surface area (Å²) >= 11 is 0. The minimum atomic E-state index is 0. The van der Waals surface area contributed by atoms with Crippen molar-refractivity contribution in [2.75, 3.05) is 40.9 Å². The Morgan fingerprint density at radius 3 is 2.52 bits per heavy atom. The quantitative estimate of drug-likeness (QED) is 0.354. The van der Waals surface area contributed by atoms with Gasteiger partial charge in [0.25, 0.3) is 0 Å². The van der Waals surface area contributed by atoms with E-state index in [2.05, 4.69) is 46.4 Å². The SMILES string of the molecule is CN=C(NCC(C)c1ccccc1OC)N1CCC(c2ccc(OC)cc2)C1.I. The second-order valence-electron chi connectivity index (χ2n) is 7.28. The van der Waals surface area contributed by atoms with E-state index in [1.807, 2.05) is 31.3 Å². The van der Waals surface area contributed by atoms with Gasteiger partial charge in [-0.1, -0.05) is 37.3 Å². The van der Waals surface area contributed by atoms with Crippen LogP contribution in [-0.4, -0.2) is 51.8 Å². The van der Waals surface area contributed by atoms with E-state index in [0.717, 1.165) is 43.5 Å². The fourth-order valence-electron chi connectivity index (χ4n) is 3.86. The third-order valence-electron chi connectivity index (χ3n) is 5.52. The van der Waals surface area contributed by atoms with Gasteiger partial charge in [-0.2, -0.15) is 0 Å². The number of aliphatic imine (C=N–C) groups is 1. The van der Waals surface area contributed by atoms with Gasteiger partial charge in [-0.15, -0.1) is 24.0 Å². The van der Waals surface area contributed by atoms with Gasteiger partial charge in [-0.3, -0.25) is 4.99 Å². The second kappa shape index (κ2) is 11.3. The van der Waals surface area contributed by atoms with Crippen LogP contribution in [0.1, 0.15) is 36.3 Å². The third kappa shape index (κ3) is 5.78. The fraction of sp³-hybridized carbons (Fsp3) is 0.435. The molecule has 29 heavy (non-hydrogen) atoms. The summed E-state index contributed by atoms with van der Waals surface area (Å²) in [6, 6.07) is 16.6. The summed E-state index contributed by atoms with van der Waals surface area (Å²) in [6.45, 7) is 5.02. The lowest BCUT2D eigenvalue weighted by atomic mass is 9.98. The highest BCUT2D eigenvalue weighted by Gasteiger charge is 2.26. The maximum Gasteiger partial charge on any atom is 0.193 e. The van der Waals surface area contributed by atoms with Crippen molar-refractivity contribution in [2.24, 2.45) is 4.99 Å². The largest absolute Gasteiger partial charge is 0.497 e. The molecule has 0 spiro atoms. The number of nitrogens with zero attached hydrogens (tertiary/aromatic N) is 2. The molecule has 2 aromatic rings. The number of ether oxygens (including phenoxy) is 2. The molecule has 1 saturated heterocycles. The highest BCUT2D eigenvalue weighted by Crippen LogP contribution is 2.29. The lowest BCUT2D eigenvalue weighted by molar-refractivity contribution is 0.405. The van der Waals surface area contributed by atoms with Crippen molar-refractivity contribution in [1.82, 2.24) is 10.2 Å². The number of likely N-dealkylation sites (tertiary alicyclic amines) is 1. The lowest BCUT2D eigenvalue weighted by Crippen LogP contribution is -2.41. The van der Waals surface area contributed by atoms with Crippen LogP contribution >= 0.6 is 24.0 Å². The Kier molecular flexibility index (Phi) is 9.07. The predicted molar refractivity (Wildman–Crippen MR) is 130 cm³/mol. The van der Waals surface area contributed by atoms with Crippen molar-refractivity contribution in [3.8, 4) is 11.5 Å². The van der Waals surface area contributed by atoms with E-state index >= 15 is 0 Å². The van der Waals surface area contributed by atoms with Crippen molar-refractivity contribution in [1.29, 1.82) is 0 Å². The number of halogens is 1. The summed E-state index contributed by atoms with van der Waals surface area (Å²) in [5, 5.41) is 3.55. The molecule has 0 aliphatic carbocycles. The van der Waals surface area contributed by atoms with E-state index in [-0.39, 0.29) is 24.0 Å². The summed E-state index contributed by atoms with van der Waals surface area (Å²) in [5.74, 6) is 3.66. The zero-order valence-corrected chi connectivity index (χ0v) is 20.1. The van der Waals surface area contributed by atoms with Crippen LogP contribution in [0.2, 0.25) is 0 Å². The number of guanidine groups is 1. The molecular formula is C23H32IN3O2. The molecule has 1 fully saturated rings. The Balaban J connectivity index is 0.00000300. The minimum absolute atomic E-state index is 0. The summed E-state index contributed by atoms with van der Waals surface area (Å²) in [5.41, 5.74) is 2.58. The molecular weight excluding hydrogens is 477 g/mol. The van der Waals surface area contributed by atoms with Crippen molar-refractivity contribution >= 4 is 29.9 Å². The van der Waals surface area contributed by atoms with Crippen molar-refractivity contribution in [3.05, 3.63) is 59.7 Å². The zero-order chi connectivity index (χ0) is 19.9. The maximum atomic E-state index is 5.50. The van der Waals surface area contributed by atoms with E-state index in [1.165, 1.54) is 11.1 Å².